The maximum absolute atomic E-state index is 12.4. The third-order valence-corrected chi connectivity index (χ3v) is 5.66. The van der Waals surface area contributed by atoms with Crippen molar-refractivity contribution in [3.05, 3.63) is 65.2 Å². The van der Waals surface area contributed by atoms with Gasteiger partial charge in [-0.25, -0.2) is 0 Å². The van der Waals surface area contributed by atoms with Crippen LogP contribution in [-0.2, 0) is 13.0 Å². The maximum atomic E-state index is 12.4. The van der Waals surface area contributed by atoms with Crippen LogP contribution in [0.5, 0.6) is 0 Å². The standard InChI is InChI=1S/C22H26N2O2/c25-21(18-4-2-1-3-5-18)15-22(26)9-12-24(13-10-22)16-17-6-7-20-19(14-17)8-11-23-20/h1-7,14,23,26H,8-13,15-16H2. The Labute approximate surface area is 154 Å². The molecule has 2 aromatic rings. The summed E-state index contributed by atoms with van der Waals surface area (Å²) in [6.45, 7) is 3.60. The molecule has 1 fully saturated rings. The Balaban J connectivity index is 1.32. The first kappa shape index (κ1) is 17.3. The Morgan fingerprint density at radius 1 is 1.12 bits per heavy atom. The number of carbonyl (C=O) groups is 1. The lowest BCUT2D eigenvalue weighted by atomic mass is 9.85. The molecular formula is C22H26N2O2. The van der Waals surface area contributed by atoms with Crippen molar-refractivity contribution >= 4 is 11.5 Å². The van der Waals surface area contributed by atoms with Gasteiger partial charge >= 0.3 is 0 Å². The van der Waals surface area contributed by atoms with Gasteiger partial charge in [-0.1, -0.05) is 42.5 Å². The SMILES string of the molecule is O=C(CC1(O)CCN(Cc2ccc3c(c2)CCN3)CC1)c1ccccc1. The molecule has 26 heavy (non-hydrogen) atoms. The number of hydrogen-bond donors (Lipinski definition) is 2. The zero-order chi connectivity index (χ0) is 18.0. The van der Waals surface area contributed by atoms with Gasteiger partial charge in [0, 0.05) is 43.9 Å². The van der Waals surface area contributed by atoms with Crippen molar-refractivity contribution in [3.8, 4) is 0 Å². The van der Waals surface area contributed by atoms with E-state index in [2.05, 4.69) is 28.4 Å². The Hall–Kier alpha value is -2.17. The van der Waals surface area contributed by atoms with E-state index in [1.165, 1.54) is 16.8 Å². The van der Waals surface area contributed by atoms with Crippen molar-refractivity contribution in [1.29, 1.82) is 0 Å². The fraction of sp³-hybridized carbons (Fsp3) is 0.409. The first-order valence-electron chi connectivity index (χ1n) is 9.50. The van der Waals surface area contributed by atoms with Gasteiger partial charge in [-0.3, -0.25) is 9.69 Å². The number of nitrogens with zero attached hydrogens (tertiary/aromatic N) is 1. The average molecular weight is 350 g/mol. The fourth-order valence-corrected chi connectivity index (χ4v) is 4.04. The van der Waals surface area contributed by atoms with Crippen molar-refractivity contribution in [2.24, 2.45) is 0 Å². The molecule has 0 saturated carbocycles. The summed E-state index contributed by atoms with van der Waals surface area (Å²) in [7, 11) is 0. The molecule has 4 rings (SSSR count). The number of rotatable bonds is 5. The summed E-state index contributed by atoms with van der Waals surface area (Å²) >= 11 is 0. The van der Waals surface area contributed by atoms with Crippen LogP contribution in [0.1, 0.15) is 40.7 Å². The molecule has 0 radical (unpaired) electrons. The van der Waals surface area contributed by atoms with E-state index in [4.69, 9.17) is 0 Å². The van der Waals surface area contributed by atoms with Gasteiger partial charge in [-0.15, -0.1) is 0 Å². The molecule has 2 aromatic carbocycles. The molecule has 1 saturated heterocycles. The van der Waals surface area contributed by atoms with Gasteiger partial charge < -0.3 is 10.4 Å². The number of aliphatic hydroxyl groups is 1. The number of hydrogen-bond acceptors (Lipinski definition) is 4. The maximum Gasteiger partial charge on any atom is 0.165 e. The average Bonchev–Trinajstić information content (AvgIpc) is 3.12. The first-order chi connectivity index (χ1) is 12.6. The van der Waals surface area contributed by atoms with Crippen LogP contribution in [0.25, 0.3) is 0 Å². The molecule has 4 heteroatoms. The topological polar surface area (TPSA) is 52.6 Å². The second kappa shape index (κ2) is 7.22. The van der Waals surface area contributed by atoms with Crippen LogP contribution in [0.4, 0.5) is 5.69 Å². The number of Topliss-reactive ketones (excluding diaryl/α,β-unsaturated/α-hetero) is 1. The third kappa shape index (κ3) is 3.81. The zero-order valence-corrected chi connectivity index (χ0v) is 15.1. The first-order valence-corrected chi connectivity index (χ1v) is 9.50. The van der Waals surface area contributed by atoms with Gasteiger partial charge in [0.25, 0.3) is 0 Å². The van der Waals surface area contributed by atoms with Gasteiger partial charge in [-0.2, -0.15) is 0 Å². The van der Waals surface area contributed by atoms with Crippen LogP contribution >= 0.6 is 0 Å². The Morgan fingerprint density at radius 2 is 1.88 bits per heavy atom. The third-order valence-electron chi connectivity index (χ3n) is 5.66. The van der Waals surface area contributed by atoms with Crippen LogP contribution in [0.2, 0.25) is 0 Å². The fourth-order valence-electron chi connectivity index (χ4n) is 4.04. The minimum atomic E-state index is -0.870. The molecule has 0 amide bonds. The summed E-state index contributed by atoms with van der Waals surface area (Å²) in [5.74, 6) is 0.0349. The molecule has 0 spiro atoms. The number of likely N-dealkylation sites (tertiary alicyclic amines) is 1. The van der Waals surface area contributed by atoms with Crippen molar-refractivity contribution in [1.82, 2.24) is 4.90 Å². The van der Waals surface area contributed by atoms with E-state index in [0.717, 1.165) is 32.6 Å². The highest BCUT2D eigenvalue weighted by Gasteiger charge is 2.34. The Kier molecular flexibility index (Phi) is 4.79. The summed E-state index contributed by atoms with van der Waals surface area (Å²) in [5.41, 5.74) is 3.82. The highest BCUT2D eigenvalue weighted by atomic mass is 16.3. The number of ketones is 1. The van der Waals surface area contributed by atoms with Gasteiger partial charge in [0.1, 0.15) is 0 Å². The minimum Gasteiger partial charge on any atom is -0.389 e. The van der Waals surface area contributed by atoms with E-state index in [1.54, 1.807) is 0 Å². The van der Waals surface area contributed by atoms with Crippen molar-refractivity contribution in [2.45, 2.75) is 37.8 Å². The van der Waals surface area contributed by atoms with Gasteiger partial charge in [0.05, 0.1) is 5.60 Å². The quantitative estimate of drug-likeness (QED) is 0.813. The summed E-state index contributed by atoms with van der Waals surface area (Å²) in [6, 6.07) is 16.0. The van der Waals surface area contributed by atoms with Crippen LogP contribution in [0, 0.1) is 0 Å². The predicted octanol–water partition coefficient (Wildman–Crippen LogP) is 3.25. The monoisotopic (exact) mass is 350 g/mol. The number of anilines is 1. The summed E-state index contributed by atoms with van der Waals surface area (Å²) in [5, 5.41) is 14.3. The molecule has 0 aromatic heterocycles. The highest BCUT2D eigenvalue weighted by Crippen LogP contribution is 2.29. The lowest BCUT2D eigenvalue weighted by Gasteiger charge is -2.38. The molecule has 0 atom stereocenters. The smallest absolute Gasteiger partial charge is 0.165 e. The summed E-state index contributed by atoms with van der Waals surface area (Å²) in [4.78, 5) is 14.8. The van der Waals surface area contributed by atoms with E-state index in [9.17, 15) is 9.90 Å². The molecule has 0 aliphatic carbocycles. The Bertz CT molecular complexity index is 780. The molecule has 4 nitrogen and oxygen atoms in total. The molecule has 2 N–H and O–H groups in total. The normalized spacial score (nSPS) is 19.0. The molecular weight excluding hydrogens is 324 g/mol. The van der Waals surface area contributed by atoms with Crippen LogP contribution in [-0.4, -0.2) is 41.0 Å². The number of fused-ring (bicyclic) bond motifs is 1. The predicted molar refractivity (Wildman–Crippen MR) is 103 cm³/mol. The number of benzene rings is 2. The second-order valence-corrected chi connectivity index (χ2v) is 7.63. The van der Waals surface area contributed by atoms with Gasteiger partial charge in [0.15, 0.2) is 5.78 Å². The van der Waals surface area contributed by atoms with E-state index < -0.39 is 5.60 Å². The molecule has 0 bridgehead atoms. The van der Waals surface area contributed by atoms with Gasteiger partial charge in [-0.05, 0) is 36.5 Å². The Morgan fingerprint density at radius 3 is 2.65 bits per heavy atom. The highest BCUT2D eigenvalue weighted by molar-refractivity contribution is 5.96. The van der Waals surface area contributed by atoms with Gasteiger partial charge in [0.2, 0.25) is 0 Å². The van der Waals surface area contributed by atoms with Crippen molar-refractivity contribution in [2.75, 3.05) is 25.0 Å². The van der Waals surface area contributed by atoms with E-state index >= 15 is 0 Å². The lowest BCUT2D eigenvalue weighted by molar-refractivity contribution is -0.0241. The summed E-state index contributed by atoms with van der Waals surface area (Å²) in [6.07, 6.45) is 2.62. The zero-order valence-electron chi connectivity index (χ0n) is 15.1. The van der Waals surface area contributed by atoms with Crippen molar-refractivity contribution in [3.63, 3.8) is 0 Å². The van der Waals surface area contributed by atoms with Crippen LogP contribution in [0.15, 0.2) is 48.5 Å². The molecule has 2 aliphatic rings. The molecule has 2 heterocycles. The van der Waals surface area contributed by atoms with E-state index in [-0.39, 0.29) is 12.2 Å². The largest absolute Gasteiger partial charge is 0.389 e. The number of nitrogens with one attached hydrogen (secondary N) is 1. The number of carbonyl (C=O) groups excluding carboxylic acids is 1. The van der Waals surface area contributed by atoms with Crippen LogP contribution < -0.4 is 5.32 Å². The van der Waals surface area contributed by atoms with E-state index in [1.807, 2.05) is 30.3 Å². The van der Waals surface area contributed by atoms with Crippen LogP contribution in [0.3, 0.4) is 0 Å². The summed E-state index contributed by atoms with van der Waals surface area (Å²) < 4.78 is 0. The van der Waals surface area contributed by atoms with E-state index in [0.29, 0.717) is 18.4 Å². The minimum absolute atomic E-state index is 0.0349. The number of piperidine rings is 1. The van der Waals surface area contributed by atoms with Crippen molar-refractivity contribution < 1.29 is 9.90 Å². The molecule has 136 valence electrons. The molecule has 0 unspecified atom stereocenters. The second-order valence-electron chi connectivity index (χ2n) is 7.63. The molecule has 2 aliphatic heterocycles. The lowest BCUT2D eigenvalue weighted by Crippen LogP contribution is -2.45.